The fourth-order valence-corrected chi connectivity index (χ4v) is 3.86. The van der Waals surface area contributed by atoms with Crippen molar-refractivity contribution >= 4 is 15.7 Å². The summed E-state index contributed by atoms with van der Waals surface area (Å²) in [5, 5.41) is 9.53. The molecule has 6 heteroatoms. The third kappa shape index (κ3) is 3.08. The molecular formula is C13H20N2O3S. The van der Waals surface area contributed by atoms with Crippen molar-refractivity contribution in [2.24, 2.45) is 5.92 Å². The van der Waals surface area contributed by atoms with Gasteiger partial charge in [-0.05, 0) is 49.9 Å². The first-order chi connectivity index (χ1) is 8.91. The molecular weight excluding hydrogens is 264 g/mol. The molecule has 3 N–H and O–H groups in total. The second-order valence-electron chi connectivity index (χ2n) is 5.05. The van der Waals surface area contributed by atoms with Crippen molar-refractivity contribution in [3.63, 3.8) is 0 Å². The number of sulfonamides is 1. The average Bonchev–Trinajstić information content (AvgIpc) is 2.39. The Hall–Kier alpha value is -1.11. The van der Waals surface area contributed by atoms with Gasteiger partial charge in [0.1, 0.15) is 0 Å². The van der Waals surface area contributed by atoms with Gasteiger partial charge in [-0.25, -0.2) is 8.42 Å². The fourth-order valence-electron chi connectivity index (χ4n) is 2.39. The second kappa shape index (κ2) is 5.48. The molecule has 1 aliphatic heterocycles. The predicted octanol–water partition coefficient (Wildman–Crippen LogP) is 1.05. The zero-order valence-corrected chi connectivity index (χ0v) is 11.8. The van der Waals surface area contributed by atoms with E-state index in [9.17, 15) is 13.5 Å². The molecule has 1 aromatic rings. The summed E-state index contributed by atoms with van der Waals surface area (Å²) in [6.07, 6.45) is 1.03. The van der Waals surface area contributed by atoms with E-state index in [1.807, 2.05) is 0 Å². The van der Waals surface area contributed by atoms with E-state index in [1.54, 1.807) is 19.1 Å². The molecule has 1 unspecified atom stereocenters. The van der Waals surface area contributed by atoms with Crippen LogP contribution in [0, 0.1) is 5.92 Å². The molecule has 106 valence electrons. The molecule has 0 aromatic heterocycles. The van der Waals surface area contributed by atoms with Gasteiger partial charge in [0.2, 0.25) is 10.0 Å². The van der Waals surface area contributed by atoms with E-state index in [0.717, 1.165) is 0 Å². The molecule has 0 radical (unpaired) electrons. The van der Waals surface area contributed by atoms with Crippen LogP contribution in [0.4, 0.5) is 5.69 Å². The van der Waals surface area contributed by atoms with Crippen molar-refractivity contribution in [3.8, 4) is 0 Å². The molecule has 19 heavy (non-hydrogen) atoms. The van der Waals surface area contributed by atoms with Gasteiger partial charge in [0.15, 0.2) is 0 Å². The predicted molar refractivity (Wildman–Crippen MR) is 74.0 cm³/mol. The summed E-state index contributed by atoms with van der Waals surface area (Å²) in [5.41, 5.74) is 6.11. The number of aliphatic hydroxyl groups is 1. The van der Waals surface area contributed by atoms with Gasteiger partial charge in [-0.2, -0.15) is 4.31 Å². The maximum absolute atomic E-state index is 12.4. The smallest absolute Gasteiger partial charge is 0.243 e. The Kier molecular flexibility index (Phi) is 4.13. The van der Waals surface area contributed by atoms with E-state index in [1.165, 1.54) is 16.4 Å². The number of anilines is 1. The summed E-state index contributed by atoms with van der Waals surface area (Å²) in [7, 11) is -3.43. The normalized spacial score (nSPS) is 20.3. The number of benzene rings is 1. The first-order valence-corrected chi connectivity index (χ1v) is 7.89. The molecule has 2 rings (SSSR count). The van der Waals surface area contributed by atoms with Gasteiger partial charge in [-0.1, -0.05) is 0 Å². The Labute approximate surface area is 114 Å². The number of hydrogen-bond acceptors (Lipinski definition) is 4. The lowest BCUT2D eigenvalue weighted by Gasteiger charge is -2.32. The number of nitrogen functional groups attached to an aromatic ring is 1. The number of piperidine rings is 1. The largest absolute Gasteiger partial charge is 0.399 e. The van der Waals surface area contributed by atoms with Crippen LogP contribution in [0.2, 0.25) is 0 Å². The number of hydrogen-bond donors (Lipinski definition) is 2. The monoisotopic (exact) mass is 284 g/mol. The summed E-state index contributed by atoms with van der Waals surface area (Å²) < 4.78 is 26.3. The van der Waals surface area contributed by atoms with Gasteiger partial charge < -0.3 is 10.8 Å². The maximum atomic E-state index is 12.4. The molecule has 1 aromatic carbocycles. The summed E-state index contributed by atoms with van der Waals surface area (Å²) >= 11 is 0. The Morgan fingerprint density at radius 3 is 2.26 bits per heavy atom. The van der Waals surface area contributed by atoms with Gasteiger partial charge in [-0.15, -0.1) is 0 Å². The molecule has 1 fully saturated rings. The van der Waals surface area contributed by atoms with Crippen molar-refractivity contribution in [3.05, 3.63) is 24.3 Å². The highest BCUT2D eigenvalue weighted by molar-refractivity contribution is 7.89. The second-order valence-corrected chi connectivity index (χ2v) is 6.99. The van der Waals surface area contributed by atoms with Crippen LogP contribution in [0.5, 0.6) is 0 Å². The Balaban J connectivity index is 2.12. The van der Waals surface area contributed by atoms with Crippen LogP contribution in [0.3, 0.4) is 0 Å². The van der Waals surface area contributed by atoms with E-state index < -0.39 is 10.0 Å². The van der Waals surface area contributed by atoms with Gasteiger partial charge in [0.05, 0.1) is 11.0 Å². The van der Waals surface area contributed by atoms with E-state index in [2.05, 4.69) is 0 Å². The van der Waals surface area contributed by atoms with Crippen LogP contribution in [0.1, 0.15) is 19.8 Å². The summed E-state index contributed by atoms with van der Waals surface area (Å²) in [5.74, 6) is 0.192. The lowest BCUT2D eigenvalue weighted by molar-refractivity contribution is 0.0912. The fraction of sp³-hybridized carbons (Fsp3) is 0.538. The van der Waals surface area contributed by atoms with Crippen LogP contribution < -0.4 is 5.73 Å². The number of aliphatic hydroxyl groups excluding tert-OH is 1. The van der Waals surface area contributed by atoms with E-state index in [0.29, 0.717) is 31.6 Å². The van der Waals surface area contributed by atoms with E-state index >= 15 is 0 Å². The van der Waals surface area contributed by atoms with Gasteiger partial charge in [0.25, 0.3) is 0 Å². The number of nitrogens with zero attached hydrogens (tertiary/aromatic N) is 1. The lowest BCUT2D eigenvalue weighted by Crippen LogP contribution is -2.40. The molecule has 0 amide bonds. The molecule has 0 bridgehead atoms. The van der Waals surface area contributed by atoms with Crippen LogP contribution in [0.15, 0.2) is 29.2 Å². The highest BCUT2D eigenvalue weighted by atomic mass is 32.2. The van der Waals surface area contributed by atoms with Gasteiger partial charge in [-0.3, -0.25) is 0 Å². The van der Waals surface area contributed by atoms with Gasteiger partial charge in [0, 0.05) is 18.8 Å². The van der Waals surface area contributed by atoms with Crippen molar-refractivity contribution in [1.82, 2.24) is 4.31 Å². The molecule has 5 nitrogen and oxygen atoms in total. The molecule has 1 saturated heterocycles. The lowest BCUT2D eigenvalue weighted by atomic mass is 9.93. The Morgan fingerprint density at radius 1 is 1.26 bits per heavy atom. The van der Waals surface area contributed by atoms with E-state index in [-0.39, 0.29) is 16.9 Å². The first kappa shape index (κ1) is 14.3. The van der Waals surface area contributed by atoms with E-state index in [4.69, 9.17) is 5.73 Å². The molecule has 1 aliphatic rings. The highest BCUT2D eigenvalue weighted by Crippen LogP contribution is 2.25. The van der Waals surface area contributed by atoms with Crippen molar-refractivity contribution in [2.45, 2.75) is 30.8 Å². The van der Waals surface area contributed by atoms with Crippen LogP contribution in [0.25, 0.3) is 0 Å². The number of nitrogens with two attached hydrogens (primary N) is 1. The standard InChI is InChI=1S/C13H20N2O3S/c1-10(16)11-6-8-15(9-7-11)19(17,18)13-4-2-12(14)3-5-13/h2-5,10-11,16H,6-9,14H2,1H3. The van der Waals surface area contributed by atoms with Gasteiger partial charge >= 0.3 is 0 Å². The van der Waals surface area contributed by atoms with Crippen LogP contribution >= 0.6 is 0 Å². The molecule has 0 spiro atoms. The maximum Gasteiger partial charge on any atom is 0.243 e. The minimum Gasteiger partial charge on any atom is -0.399 e. The van der Waals surface area contributed by atoms with Crippen LogP contribution in [-0.4, -0.2) is 37.0 Å². The minimum absolute atomic E-state index is 0.192. The quantitative estimate of drug-likeness (QED) is 0.813. The topological polar surface area (TPSA) is 83.6 Å². The molecule has 0 saturated carbocycles. The Morgan fingerprint density at radius 2 is 1.79 bits per heavy atom. The first-order valence-electron chi connectivity index (χ1n) is 6.45. The minimum atomic E-state index is -3.43. The highest BCUT2D eigenvalue weighted by Gasteiger charge is 2.30. The van der Waals surface area contributed by atoms with Crippen molar-refractivity contribution in [1.29, 1.82) is 0 Å². The number of rotatable bonds is 3. The third-order valence-corrected chi connectivity index (χ3v) is 5.61. The summed E-state index contributed by atoms with van der Waals surface area (Å²) in [4.78, 5) is 0.275. The SMILES string of the molecule is CC(O)C1CCN(S(=O)(=O)c2ccc(N)cc2)CC1. The third-order valence-electron chi connectivity index (χ3n) is 3.70. The van der Waals surface area contributed by atoms with Crippen molar-refractivity contribution in [2.75, 3.05) is 18.8 Å². The average molecular weight is 284 g/mol. The summed E-state index contributed by atoms with van der Waals surface area (Å²) in [6.45, 7) is 2.68. The summed E-state index contributed by atoms with van der Waals surface area (Å²) in [6, 6.07) is 6.25. The molecule has 1 heterocycles. The van der Waals surface area contributed by atoms with Crippen LogP contribution in [-0.2, 0) is 10.0 Å². The Bertz CT molecular complexity index is 517. The zero-order chi connectivity index (χ0) is 14.0. The molecule has 0 aliphatic carbocycles. The van der Waals surface area contributed by atoms with Crippen molar-refractivity contribution < 1.29 is 13.5 Å². The zero-order valence-electron chi connectivity index (χ0n) is 11.0. The molecule has 1 atom stereocenters.